The monoisotopic (exact) mass is 458 g/mol. The molecule has 180 valence electrons. The van der Waals surface area contributed by atoms with Gasteiger partial charge in [-0.15, -0.1) is 0 Å². The van der Waals surface area contributed by atoms with Crippen LogP contribution in [0.25, 0.3) is 10.9 Å². The summed E-state index contributed by atoms with van der Waals surface area (Å²) in [6.45, 7) is 10.9. The summed E-state index contributed by atoms with van der Waals surface area (Å²) < 4.78 is 2.31. The lowest BCUT2D eigenvalue weighted by Crippen LogP contribution is -2.51. The Labute approximate surface area is 203 Å². The van der Waals surface area contributed by atoms with Gasteiger partial charge in [0.25, 0.3) is 5.91 Å². The molecule has 0 spiro atoms. The molecule has 1 aliphatic heterocycles. The second-order valence-corrected chi connectivity index (χ2v) is 9.97. The number of likely N-dealkylation sites (N-methyl/N-ethyl adjacent to an activating group) is 1. The number of amides is 1. The second-order valence-electron chi connectivity index (χ2n) is 9.97. The summed E-state index contributed by atoms with van der Waals surface area (Å²) in [6, 6.07) is 17.8. The molecule has 0 radical (unpaired) electrons. The van der Waals surface area contributed by atoms with Crippen molar-refractivity contribution in [1.82, 2.24) is 14.4 Å². The molecule has 0 N–H and O–H groups in total. The lowest BCUT2D eigenvalue weighted by Gasteiger charge is -2.38. The lowest BCUT2D eigenvalue weighted by molar-refractivity contribution is 0.0573. The first-order chi connectivity index (χ1) is 16.6. The van der Waals surface area contributed by atoms with Gasteiger partial charge in [-0.05, 0) is 68.7 Å². The van der Waals surface area contributed by atoms with Gasteiger partial charge >= 0.3 is 0 Å². The first-order valence-electron chi connectivity index (χ1n) is 13.1. The number of hydrogen-bond donors (Lipinski definition) is 0. The van der Waals surface area contributed by atoms with Crippen LogP contribution >= 0.6 is 0 Å². The van der Waals surface area contributed by atoms with E-state index in [-0.39, 0.29) is 5.91 Å². The summed E-state index contributed by atoms with van der Waals surface area (Å²) in [7, 11) is 0. The highest BCUT2D eigenvalue weighted by Gasteiger charge is 2.28. The van der Waals surface area contributed by atoms with Gasteiger partial charge in [0, 0.05) is 80.2 Å². The van der Waals surface area contributed by atoms with Crippen molar-refractivity contribution in [2.45, 2.75) is 52.1 Å². The Kier molecular flexibility index (Phi) is 6.91. The minimum atomic E-state index is 0.178. The van der Waals surface area contributed by atoms with Crippen molar-refractivity contribution >= 4 is 22.5 Å². The number of nitrogens with zero attached hydrogens (tertiary/aromatic N) is 4. The molecule has 2 heterocycles. The molecule has 1 amide bonds. The average Bonchev–Trinajstić information content (AvgIpc) is 3.54. The summed E-state index contributed by atoms with van der Waals surface area (Å²) in [6.07, 6.45) is 7.56. The van der Waals surface area contributed by atoms with E-state index in [4.69, 9.17) is 0 Å². The maximum Gasteiger partial charge on any atom is 0.253 e. The van der Waals surface area contributed by atoms with Crippen molar-refractivity contribution < 1.29 is 4.79 Å². The minimum Gasteiger partial charge on any atom is -0.370 e. The molecule has 1 aliphatic carbocycles. The van der Waals surface area contributed by atoms with Crippen LogP contribution in [-0.2, 0) is 6.54 Å². The number of anilines is 1. The molecule has 2 aliphatic rings. The topological polar surface area (TPSA) is 31.7 Å². The Balaban J connectivity index is 1.22. The zero-order valence-electron chi connectivity index (χ0n) is 20.7. The molecule has 5 rings (SSSR count). The largest absolute Gasteiger partial charge is 0.370 e. The van der Waals surface area contributed by atoms with E-state index in [1.807, 2.05) is 11.0 Å². The molecule has 5 nitrogen and oxygen atoms in total. The number of hydrogen-bond acceptors (Lipinski definition) is 3. The molecule has 3 aromatic rings. The van der Waals surface area contributed by atoms with Crippen LogP contribution in [0.3, 0.4) is 0 Å². The first-order valence-corrected chi connectivity index (χ1v) is 13.1. The Hall–Kier alpha value is -2.79. The number of aromatic nitrogens is 1. The van der Waals surface area contributed by atoms with E-state index in [9.17, 15) is 4.79 Å². The molecule has 2 fully saturated rings. The van der Waals surface area contributed by atoms with Gasteiger partial charge in [0.15, 0.2) is 0 Å². The summed E-state index contributed by atoms with van der Waals surface area (Å²) in [5.41, 5.74) is 4.58. The Bertz CT molecular complexity index is 1120. The van der Waals surface area contributed by atoms with Gasteiger partial charge in [0.1, 0.15) is 0 Å². The highest BCUT2D eigenvalue weighted by Crippen LogP contribution is 2.25. The van der Waals surface area contributed by atoms with Crippen molar-refractivity contribution in [3.8, 4) is 0 Å². The first kappa shape index (κ1) is 23.0. The maximum atomic E-state index is 13.2. The zero-order valence-corrected chi connectivity index (χ0v) is 20.7. The number of benzene rings is 2. The maximum absolute atomic E-state index is 13.2. The van der Waals surface area contributed by atoms with E-state index in [0.717, 1.165) is 62.8 Å². The van der Waals surface area contributed by atoms with Gasteiger partial charge in [0.2, 0.25) is 0 Å². The predicted octanol–water partition coefficient (Wildman–Crippen LogP) is 5.18. The summed E-state index contributed by atoms with van der Waals surface area (Å²) in [5, 5.41) is 1.15. The van der Waals surface area contributed by atoms with Crippen LogP contribution in [0.4, 0.5) is 5.69 Å². The molecule has 0 bridgehead atoms. The van der Waals surface area contributed by atoms with Crippen molar-refractivity contribution in [2.24, 2.45) is 0 Å². The van der Waals surface area contributed by atoms with Crippen molar-refractivity contribution in [3.63, 3.8) is 0 Å². The summed E-state index contributed by atoms with van der Waals surface area (Å²) in [4.78, 5) is 20.3. The van der Waals surface area contributed by atoms with Gasteiger partial charge in [-0.1, -0.05) is 25.0 Å². The van der Waals surface area contributed by atoms with Gasteiger partial charge in [-0.3, -0.25) is 9.69 Å². The van der Waals surface area contributed by atoms with E-state index in [2.05, 4.69) is 76.9 Å². The summed E-state index contributed by atoms with van der Waals surface area (Å²) >= 11 is 0. The normalized spacial score (nSPS) is 17.5. The van der Waals surface area contributed by atoms with E-state index in [1.54, 1.807) is 0 Å². The van der Waals surface area contributed by atoms with Crippen LogP contribution in [0.15, 0.2) is 54.7 Å². The molecular formula is C29H38N4O. The van der Waals surface area contributed by atoms with Crippen molar-refractivity contribution in [3.05, 3.63) is 65.9 Å². The quantitative estimate of drug-likeness (QED) is 0.489. The van der Waals surface area contributed by atoms with E-state index in [0.29, 0.717) is 0 Å². The molecule has 0 atom stereocenters. The highest BCUT2D eigenvalue weighted by molar-refractivity contribution is 5.98. The van der Waals surface area contributed by atoms with Gasteiger partial charge in [0.05, 0.1) is 0 Å². The number of carbonyl (C=O) groups excluding carboxylic acids is 1. The second kappa shape index (κ2) is 10.2. The van der Waals surface area contributed by atoms with Crippen LogP contribution in [-0.4, -0.2) is 65.6 Å². The Morgan fingerprint density at radius 1 is 1.00 bits per heavy atom. The fourth-order valence-electron chi connectivity index (χ4n) is 5.79. The van der Waals surface area contributed by atoms with Crippen LogP contribution in [0.2, 0.25) is 0 Å². The fourth-order valence-corrected chi connectivity index (χ4v) is 5.79. The molecule has 5 heteroatoms. The van der Waals surface area contributed by atoms with Gasteiger partial charge < -0.3 is 14.4 Å². The molecule has 0 unspecified atom stereocenters. The van der Waals surface area contributed by atoms with E-state index >= 15 is 0 Å². The van der Waals surface area contributed by atoms with Crippen molar-refractivity contribution in [1.29, 1.82) is 0 Å². The number of aryl methyl sites for hydroxylation is 1. The van der Waals surface area contributed by atoms with E-state index in [1.165, 1.54) is 42.5 Å². The zero-order chi connectivity index (χ0) is 23.5. The smallest absolute Gasteiger partial charge is 0.253 e. The third-order valence-electron chi connectivity index (χ3n) is 7.82. The number of piperazine rings is 1. The standard InChI is InChI=1S/C29H38N4O/c1-3-30(27-10-6-7-23(2)21-27)15-18-32-14-13-24-22-25(11-12-28(24)32)29(34)33-19-16-31(17-20-33)26-8-4-5-9-26/h6-7,10-14,21-22,26H,3-5,8-9,15-20H2,1-2H3. The average molecular weight is 459 g/mol. The third kappa shape index (κ3) is 4.85. The molecular weight excluding hydrogens is 420 g/mol. The fraction of sp³-hybridized carbons (Fsp3) is 0.483. The minimum absolute atomic E-state index is 0.178. The van der Waals surface area contributed by atoms with Crippen molar-refractivity contribution in [2.75, 3.05) is 44.2 Å². The Morgan fingerprint density at radius 3 is 2.53 bits per heavy atom. The van der Waals surface area contributed by atoms with Gasteiger partial charge in [-0.2, -0.15) is 0 Å². The highest BCUT2D eigenvalue weighted by atomic mass is 16.2. The number of fused-ring (bicyclic) bond motifs is 1. The van der Waals surface area contributed by atoms with Crippen LogP contribution in [0, 0.1) is 6.92 Å². The molecule has 1 saturated heterocycles. The SMILES string of the molecule is CCN(CCn1ccc2cc(C(=O)N3CCN(C4CCCC4)CC3)ccc21)c1cccc(C)c1. The number of rotatable bonds is 7. The third-order valence-corrected chi connectivity index (χ3v) is 7.82. The van der Waals surface area contributed by atoms with Crippen LogP contribution in [0.1, 0.15) is 48.5 Å². The summed E-state index contributed by atoms with van der Waals surface area (Å²) in [5.74, 6) is 0.178. The van der Waals surface area contributed by atoms with E-state index < -0.39 is 0 Å². The molecule has 1 saturated carbocycles. The molecule has 1 aromatic heterocycles. The molecule has 34 heavy (non-hydrogen) atoms. The predicted molar refractivity (Wildman–Crippen MR) is 141 cm³/mol. The molecule has 2 aromatic carbocycles. The lowest BCUT2D eigenvalue weighted by atomic mass is 10.1. The number of carbonyl (C=O) groups is 1. The van der Waals surface area contributed by atoms with Gasteiger partial charge in [-0.25, -0.2) is 0 Å². The van der Waals surface area contributed by atoms with Crippen LogP contribution < -0.4 is 4.90 Å². The van der Waals surface area contributed by atoms with Crippen LogP contribution in [0.5, 0.6) is 0 Å². The Morgan fingerprint density at radius 2 is 1.79 bits per heavy atom.